The molecule has 0 aliphatic carbocycles. The van der Waals surface area contributed by atoms with Gasteiger partial charge in [0.15, 0.2) is 0 Å². The van der Waals surface area contributed by atoms with Gasteiger partial charge in [-0.1, -0.05) is 30.3 Å². The topological polar surface area (TPSA) is 46.5 Å². The molecule has 0 heterocycles. The lowest BCUT2D eigenvalue weighted by Gasteiger charge is -2.03. The van der Waals surface area contributed by atoms with Gasteiger partial charge in [0, 0.05) is 0 Å². The molecule has 15 heavy (non-hydrogen) atoms. The van der Waals surface area contributed by atoms with E-state index in [9.17, 15) is 4.79 Å². The van der Waals surface area contributed by atoms with Gasteiger partial charge < -0.3 is 9.84 Å². The van der Waals surface area contributed by atoms with E-state index in [0.29, 0.717) is 5.56 Å². The molecule has 0 unspecified atom stereocenters. The predicted molar refractivity (Wildman–Crippen MR) is 58.0 cm³/mol. The highest BCUT2D eigenvalue weighted by atomic mass is 35.5. The van der Waals surface area contributed by atoms with Crippen LogP contribution in [0.2, 0.25) is 5.02 Å². The number of aromatic hydroxyl groups is 1. The molecular formula is C11H11ClO3. The van der Waals surface area contributed by atoms with E-state index < -0.39 is 0 Å². The van der Waals surface area contributed by atoms with Crippen LogP contribution in [0.1, 0.15) is 5.56 Å². The monoisotopic (exact) mass is 226 g/mol. The summed E-state index contributed by atoms with van der Waals surface area (Å²) in [5.74, 6) is -0.350. The van der Waals surface area contributed by atoms with Gasteiger partial charge in [0.1, 0.15) is 12.4 Å². The van der Waals surface area contributed by atoms with Gasteiger partial charge in [0.25, 0.3) is 0 Å². The van der Waals surface area contributed by atoms with Gasteiger partial charge in [-0.3, -0.25) is 4.79 Å². The smallest absolute Gasteiger partial charge is 0.310 e. The number of ether oxygens (including phenoxy) is 1. The van der Waals surface area contributed by atoms with Crippen molar-refractivity contribution in [1.29, 1.82) is 0 Å². The first-order valence-corrected chi connectivity index (χ1v) is 4.75. The van der Waals surface area contributed by atoms with Gasteiger partial charge in [-0.05, 0) is 17.7 Å². The van der Waals surface area contributed by atoms with E-state index in [2.05, 4.69) is 6.58 Å². The minimum Gasteiger partial charge on any atom is -0.506 e. The second-order valence-corrected chi connectivity index (χ2v) is 3.34. The molecule has 0 bridgehead atoms. The Hall–Kier alpha value is -1.48. The first-order chi connectivity index (χ1) is 7.13. The first-order valence-electron chi connectivity index (χ1n) is 4.37. The summed E-state index contributed by atoms with van der Waals surface area (Å²) in [4.78, 5) is 11.2. The van der Waals surface area contributed by atoms with Gasteiger partial charge in [0.2, 0.25) is 0 Å². The van der Waals surface area contributed by atoms with Gasteiger partial charge in [-0.2, -0.15) is 0 Å². The third-order valence-corrected chi connectivity index (χ3v) is 2.03. The summed E-state index contributed by atoms with van der Waals surface area (Å²) < 4.78 is 4.80. The minimum absolute atomic E-state index is 0.000115. The zero-order chi connectivity index (χ0) is 11.3. The lowest BCUT2D eigenvalue weighted by molar-refractivity contribution is -0.141. The number of hydrogen-bond acceptors (Lipinski definition) is 3. The van der Waals surface area contributed by atoms with Crippen LogP contribution >= 0.6 is 11.6 Å². The molecule has 0 atom stereocenters. The number of phenols is 1. The Morgan fingerprint density at radius 3 is 2.93 bits per heavy atom. The van der Waals surface area contributed by atoms with Crippen molar-refractivity contribution in [3.63, 3.8) is 0 Å². The molecule has 80 valence electrons. The zero-order valence-electron chi connectivity index (χ0n) is 8.07. The fraction of sp³-hybridized carbons (Fsp3) is 0.182. The van der Waals surface area contributed by atoms with Crippen molar-refractivity contribution in [1.82, 2.24) is 0 Å². The average molecular weight is 227 g/mol. The van der Waals surface area contributed by atoms with Crippen molar-refractivity contribution < 1.29 is 14.6 Å². The van der Waals surface area contributed by atoms with Crippen LogP contribution < -0.4 is 0 Å². The summed E-state index contributed by atoms with van der Waals surface area (Å²) in [6, 6.07) is 4.60. The molecule has 0 aliphatic rings. The van der Waals surface area contributed by atoms with Crippen molar-refractivity contribution in [2.75, 3.05) is 6.61 Å². The van der Waals surface area contributed by atoms with E-state index in [-0.39, 0.29) is 29.8 Å². The van der Waals surface area contributed by atoms with Gasteiger partial charge >= 0.3 is 5.97 Å². The summed E-state index contributed by atoms with van der Waals surface area (Å²) in [5, 5.41) is 9.38. The van der Waals surface area contributed by atoms with Crippen molar-refractivity contribution in [2.24, 2.45) is 0 Å². The van der Waals surface area contributed by atoms with Crippen LogP contribution in [0.25, 0.3) is 0 Å². The van der Waals surface area contributed by atoms with Crippen molar-refractivity contribution in [3.05, 3.63) is 41.4 Å². The summed E-state index contributed by atoms with van der Waals surface area (Å²) in [7, 11) is 0. The Morgan fingerprint density at radius 2 is 2.33 bits per heavy atom. The van der Waals surface area contributed by atoms with Crippen LogP contribution in [0, 0.1) is 0 Å². The standard InChI is InChI=1S/C11H11ClO3/c1-2-5-15-11(14)7-8-3-4-10(13)9(12)6-8/h2-4,6,13H,1,5,7H2. The van der Waals surface area contributed by atoms with Gasteiger partial charge in [0.05, 0.1) is 11.4 Å². The van der Waals surface area contributed by atoms with Crippen LogP contribution in [0.5, 0.6) is 5.75 Å². The molecule has 1 rings (SSSR count). The summed E-state index contributed by atoms with van der Waals surface area (Å²) >= 11 is 5.68. The van der Waals surface area contributed by atoms with E-state index >= 15 is 0 Å². The molecule has 1 N–H and O–H groups in total. The molecule has 1 aromatic rings. The highest BCUT2D eigenvalue weighted by Gasteiger charge is 2.06. The Morgan fingerprint density at radius 1 is 1.60 bits per heavy atom. The molecule has 0 aromatic heterocycles. The molecule has 0 aliphatic heterocycles. The van der Waals surface area contributed by atoms with E-state index in [1.54, 1.807) is 6.07 Å². The van der Waals surface area contributed by atoms with Crippen molar-refractivity contribution in [3.8, 4) is 5.75 Å². The normalized spacial score (nSPS) is 9.67. The van der Waals surface area contributed by atoms with E-state index in [1.165, 1.54) is 18.2 Å². The summed E-state index contributed by atoms with van der Waals surface area (Å²) in [6.07, 6.45) is 1.63. The first kappa shape index (κ1) is 11.6. The fourth-order valence-electron chi connectivity index (χ4n) is 1.03. The maximum atomic E-state index is 11.2. The molecule has 0 saturated heterocycles. The third kappa shape index (κ3) is 3.64. The fourth-order valence-corrected chi connectivity index (χ4v) is 1.23. The Balaban J connectivity index is 2.60. The average Bonchev–Trinajstić information content (AvgIpc) is 2.20. The van der Waals surface area contributed by atoms with Crippen LogP contribution in [-0.4, -0.2) is 17.7 Å². The molecule has 0 fully saturated rings. The molecule has 1 aromatic carbocycles. The number of hydrogen-bond donors (Lipinski definition) is 1. The van der Waals surface area contributed by atoms with Crippen LogP contribution in [-0.2, 0) is 16.0 Å². The highest BCUT2D eigenvalue weighted by Crippen LogP contribution is 2.23. The molecular weight excluding hydrogens is 216 g/mol. The lowest BCUT2D eigenvalue weighted by Crippen LogP contribution is -2.07. The molecule has 3 nitrogen and oxygen atoms in total. The second-order valence-electron chi connectivity index (χ2n) is 2.93. The highest BCUT2D eigenvalue weighted by molar-refractivity contribution is 6.32. The molecule has 0 amide bonds. The maximum absolute atomic E-state index is 11.2. The molecule has 4 heteroatoms. The maximum Gasteiger partial charge on any atom is 0.310 e. The number of carbonyl (C=O) groups is 1. The lowest BCUT2D eigenvalue weighted by atomic mass is 10.1. The minimum atomic E-state index is -0.350. The molecule has 0 radical (unpaired) electrons. The number of phenolic OH excluding ortho intramolecular Hbond substituents is 1. The van der Waals surface area contributed by atoms with E-state index in [1.807, 2.05) is 0 Å². The molecule has 0 spiro atoms. The van der Waals surface area contributed by atoms with Crippen LogP contribution in [0.3, 0.4) is 0 Å². The molecule has 0 saturated carbocycles. The van der Waals surface area contributed by atoms with E-state index in [0.717, 1.165) is 0 Å². The van der Waals surface area contributed by atoms with Gasteiger partial charge in [-0.15, -0.1) is 0 Å². The predicted octanol–water partition coefficient (Wildman–Crippen LogP) is 2.32. The van der Waals surface area contributed by atoms with Crippen LogP contribution in [0.4, 0.5) is 0 Å². The quantitative estimate of drug-likeness (QED) is 0.633. The Labute approximate surface area is 92.9 Å². The Bertz CT molecular complexity index is 374. The second kappa shape index (κ2) is 5.41. The largest absolute Gasteiger partial charge is 0.506 e. The van der Waals surface area contributed by atoms with Crippen molar-refractivity contribution in [2.45, 2.75) is 6.42 Å². The third-order valence-electron chi connectivity index (χ3n) is 1.72. The number of carbonyl (C=O) groups excluding carboxylic acids is 1. The Kier molecular flexibility index (Phi) is 4.18. The number of rotatable bonds is 4. The SMILES string of the molecule is C=CCOC(=O)Cc1ccc(O)c(Cl)c1. The van der Waals surface area contributed by atoms with E-state index in [4.69, 9.17) is 21.4 Å². The van der Waals surface area contributed by atoms with Gasteiger partial charge in [-0.25, -0.2) is 0 Å². The van der Waals surface area contributed by atoms with Crippen LogP contribution in [0.15, 0.2) is 30.9 Å². The summed E-state index contributed by atoms with van der Waals surface area (Å²) in [6.45, 7) is 3.63. The number of halogens is 1. The van der Waals surface area contributed by atoms with Crippen molar-refractivity contribution >= 4 is 17.6 Å². The number of benzene rings is 1. The number of esters is 1. The zero-order valence-corrected chi connectivity index (χ0v) is 8.83. The summed E-state index contributed by atoms with van der Waals surface area (Å²) in [5.41, 5.74) is 0.701.